The van der Waals surface area contributed by atoms with E-state index in [0.717, 1.165) is 38.4 Å². The number of nitrogens with one attached hydrogen (secondary N) is 1. The zero-order valence-electron chi connectivity index (χ0n) is 12.4. The molecule has 2 heterocycles. The Bertz CT molecular complexity index is 393. The molecule has 1 saturated heterocycles. The fourth-order valence-electron chi connectivity index (χ4n) is 2.59. The van der Waals surface area contributed by atoms with Crippen molar-refractivity contribution in [1.29, 1.82) is 0 Å². The van der Waals surface area contributed by atoms with Gasteiger partial charge in [0.2, 0.25) is 0 Å². The quantitative estimate of drug-likeness (QED) is 0.883. The van der Waals surface area contributed by atoms with E-state index in [2.05, 4.69) is 53.1 Å². The molecule has 1 unspecified atom stereocenters. The molecule has 1 aliphatic rings. The molecule has 0 radical (unpaired) electrons. The van der Waals surface area contributed by atoms with Gasteiger partial charge in [0.1, 0.15) is 5.82 Å². The lowest BCUT2D eigenvalue weighted by Crippen LogP contribution is -2.51. The number of nitrogens with zero attached hydrogens (tertiary/aromatic N) is 3. The highest BCUT2D eigenvalue weighted by atomic mass is 15.3. The summed E-state index contributed by atoms with van der Waals surface area (Å²) in [7, 11) is 2.23. The van der Waals surface area contributed by atoms with E-state index < -0.39 is 0 Å². The standard InChI is InChI=1S/C15H26N4/c1-4-7-16-15-11-14(6-8-17-15)19-10-9-18(3)13(5-2)12-19/h6,8,11,13H,4-5,7,9-10,12H2,1-3H3,(H,16,17). The van der Waals surface area contributed by atoms with E-state index in [1.165, 1.54) is 12.1 Å². The van der Waals surface area contributed by atoms with Gasteiger partial charge in [0.25, 0.3) is 0 Å². The smallest absolute Gasteiger partial charge is 0.127 e. The highest BCUT2D eigenvalue weighted by Crippen LogP contribution is 2.21. The summed E-state index contributed by atoms with van der Waals surface area (Å²) >= 11 is 0. The van der Waals surface area contributed by atoms with Gasteiger partial charge in [0.05, 0.1) is 0 Å². The van der Waals surface area contributed by atoms with Gasteiger partial charge in [-0.3, -0.25) is 4.90 Å². The van der Waals surface area contributed by atoms with Crippen molar-refractivity contribution >= 4 is 11.5 Å². The second-order valence-corrected chi connectivity index (χ2v) is 5.31. The Morgan fingerprint density at radius 2 is 2.21 bits per heavy atom. The van der Waals surface area contributed by atoms with E-state index in [9.17, 15) is 0 Å². The summed E-state index contributed by atoms with van der Waals surface area (Å²) in [5.74, 6) is 0.992. The normalized spacial score (nSPS) is 20.6. The summed E-state index contributed by atoms with van der Waals surface area (Å²) in [5.41, 5.74) is 1.29. The number of likely N-dealkylation sites (N-methyl/N-ethyl adjacent to an activating group) is 1. The Balaban J connectivity index is 2.04. The van der Waals surface area contributed by atoms with Gasteiger partial charge in [-0.2, -0.15) is 0 Å². The molecule has 1 aromatic heterocycles. The minimum Gasteiger partial charge on any atom is -0.370 e. The average Bonchev–Trinajstić information content (AvgIpc) is 2.46. The molecule has 19 heavy (non-hydrogen) atoms. The first-order valence-electron chi connectivity index (χ1n) is 7.39. The molecular formula is C15H26N4. The van der Waals surface area contributed by atoms with Crippen LogP contribution in [0.25, 0.3) is 0 Å². The van der Waals surface area contributed by atoms with Gasteiger partial charge < -0.3 is 10.2 Å². The third kappa shape index (κ3) is 3.60. The third-order valence-electron chi connectivity index (χ3n) is 3.91. The fraction of sp³-hybridized carbons (Fsp3) is 0.667. The van der Waals surface area contributed by atoms with Crippen molar-refractivity contribution in [2.45, 2.75) is 32.7 Å². The summed E-state index contributed by atoms with van der Waals surface area (Å²) in [4.78, 5) is 9.32. The first-order chi connectivity index (χ1) is 9.24. The van der Waals surface area contributed by atoms with Gasteiger partial charge in [-0.05, 0) is 26.0 Å². The monoisotopic (exact) mass is 262 g/mol. The Labute approximate surface area is 116 Å². The number of hydrogen-bond acceptors (Lipinski definition) is 4. The van der Waals surface area contributed by atoms with Crippen LogP contribution in [0.4, 0.5) is 11.5 Å². The van der Waals surface area contributed by atoms with Crippen LogP contribution < -0.4 is 10.2 Å². The zero-order valence-corrected chi connectivity index (χ0v) is 12.4. The lowest BCUT2D eigenvalue weighted by atomic mass is 10.1. The van der Waals surface area contributed by atoms with E-state index in [0.29, 0.717) is 6.04 Å². The molecule has 4 heteroatoms. The minimum absolute atomic E-state index is 0.661. The number of pyridine rings is 1. The zero-order chi connectivity index (χ0) is 13.7. The van der Waals surface area contributed by atoms with Gasteiger partial charge in [0.15, 0.2) is 0 Å². The van der Waals surface area contributed by atoms with E-state index in [-0.39, 0.29) is 0 Å². The van der Waals surface area contributed by atoms with Crippen LogP contribution in [0.2, 0.25) is 0 Å². The van der Waals surface area contributed by atoms with Crippen molar-refractivity contribution in [3.05, 3.63) is 18.3 Å². The predicted molar refractivity (Wildman–Crippen MR) is 81.9 cm³/mol. The van der Waals surface area contributed by atoms with Crippen molar-refractivity contribution in [3.63, 3.8) is 0 Å². The first-order valence-corrected chi connectivity index (χ1v) is 7.39. The average molecular weight is 262 g/mol. The van der Waals surface area contributed by atoms with Crippen molar-refractivity contribution in [2.75, 3.05) is 43.4 Å². The Kier molecular flexibility index (Phi) is 5.02. The fourth-order valence-corrected chi connectivity index (χ4v) is 2.59. The molecule has 0 aliphatic carbocycles. The first kappa shape index (κ1) is 14.1. The third-order valence-corrected chi connectivity index (χ3v) is 3.91. The highest BCUT2D eigenvalue weighted by molar-refractivity contribution is 5.54. The molecule has 0 saturated carbocycles. The molecule has 1 aromatic rings. The molecule has 0 amide bonds. The van der Waals surface area contributed by atoms with Gasteiger partial charge >= 0.3 is 0 Å². The number of aromatic nitrogens is 1. The lowest BCUT2D eigenvalue weighted by molar-refractivity contribution is 0.213. The maximum atomic E-state index is 4.38. The van der Waals surface area contributed by atoms with E-state index in [1.807, 2.05) is 6.20 Å². The van der Waals surface area contributed by atoms with E-state index in [1.54, 1.807) is 0 Å². The summed E-state index contributed by atoms with van der Waals surface area (Å²) in [6.45, 7) is 8.78. The highest BCUT2D eigenvalue weighted by Gasteiger charge is 2.23. The van der Waals surface area contributed by atoms with Gasteiger partial charge in [-0.25, -0.2) is 4.98 Å². The second kappa shape index (κ2) is 6.75. The van der Waals surface area contributed by atoms with Crippen LogP contribution in [0.3, 0.4) is 0 Å². The number of rotatable bonds is 5. The van der Waals surface area contributed by atoms with Gasteiger partial charge in [-0.1, -0.05) is 13.8 Å². The number of anilines is 2. The molecule has 0 spiro atoms. The molecular weight excluding hydrogens is 236 g/mol. The van der Waals surface area contributed by atoms with Crippen LogP contribution in [0, 0.1) is 0 Å². The van der Waals surface area contributed by atoms with Crippen LogP contribution in [-0.4, -0.2) is 49.2 Å². The van der Waals surface area contributed by atoms with E-state index in [4.69, 9.17) is 0 Å². The van der Waals surface area contributed by atoms with Crippen molar-refractivity contribution in [1.82, 2.24) is 9.88 Å². The number of piperazine rings is 1. The maximum Gasteiger partial charge on any atom is 0.127 e. The molecule has 0 aromatic carbocycles. The SMILES string of the molecule is CCCNc1cc(N2CCN(C)C(CC)C2)ccn1. The molecule has 4 nitrogen and oxygen atoms in total. The van der Waals surface area contributed by atoms with E-state index >= 15 is 0 Å². The minimum atomic E-state index is 0.661. The van der Waals surface area contributed by atoms with Crippen molar-refractivity contribution in [3.8, 4) is 0 Å². The Morgan fingerprint density at radius 3 is 2.95 bits per heavy atom. The van der Waals surface area contributed by atoms with Crippen LogP contribution in [0.15, 0.2) is 18.3 Å². The molecule has 1 N–H and O–H groups in total. The second-order valence-electron chi connectivity index (χ2n) is 5.31. The molecule has 1 atom stereocenters. The Hall–Kier alpha value is -1.29. The van der Waals surface area contributed by atoms with Gasteiger partial charge in [0, 0.05) is 50.2 Å². The topological polar surface area (TPSA) is 31.4 Å². The largest absolute Gasteiger partial charge is 0.370 e. The maximum absolute atomic E-state index is 4.38. The molecule has 106 valence electrons. The van der Waals surface area contributed by atoms with Crippen molar-refractivity contribution < 1.29 is 0 Å². The summed E-state index contributed by atoms with van der Waals surface area (Å²) in [6.07, 6.45) is 4.24. The Morgan fingerprint density at radius 1 is 1.37 bits per heavy atom. The van der Waals surface area contributed by atoms with Crippen LogP contribution in [0.1, 0.15) is 26.7 Å². The summed E-state index contributed by atoms with van der Waals surface area (Å²) in [6, 6.07) is 4.96. The lowest BCUT2D eigenvalue weighted by Gasteiger charge is -2.40. The molecule has 2 rings (SSSR count). The summed E-state index contributed by atoms with van der Waals surface area (Å²) < 4.78 is 0. The number of hydrogen-bond donors (Lipinski definition) is 1. The van der Waals surface area contributed by atoms with Crippen LogP contribution >= 0.6 is 0 Å². The molecule has 1 aliphatic heterocycles. The summed E-state index contributed by atoms with van der Waals surface area (Å²) in [5, 5.41) is 3.36. The molecule has 1 fully saturated rings. The molecule has 0 bridgehead atoms. The van der Waals surface area contributed by atoms with Crippen LogP contribution in [0.5, 0.6) is 0 Å². The van der Waals surface area contributed by atoms with Gasteiger partial charge in [-0.15, -0.1) is 0 Å². The van der Waals surface area contributed by atoms with Crippen LogP contribution in [-0.2, 0) is 0 Å². The predicted octanol–water partition coefficient (Wildman–Crippen LogP) is 2.43. The van der Waals surface area contributed by atoms with Crippen molar-refractivity contribution in [2.24, 2.45) is 0 Å².